The van der Waals surface area contributed by atoms with Gasteiger partial charge in [-0.25, -0.2) is 12.8 Å². The van der Waals surface area contributed by atoms with Crippen LogP contribution < -0.4 is 0 Å². The zero-order chi connectivity index (χ0) is 29.5. The van der Waals surface area contributed by atoms with Crippen molar-refractivity contribution in [2.45, 2.75) is 50.3 Å². The Morgan fingerprint density at radius 2 is 1.49 bits per heavy atom. The molecule has 0 atom stereocenters. The summed E-state index contributed by atoms with van der Waals surface area (Å²) in [6.45, 7) is 4.73. The number of carbonyl (C=O) groups excluding carboxylic acids is 3. The lowest BCUT2D eigenvalue weighted by atomic mass is 10.0. The summed E-state index contributed by atoms with van der Waals surface area (Å²) in [5.74, 6) is -1.85. The van der Waals surface area contributed by atoms with E-state index in [0.717, 1.165) is 11.0 Å². The van der Waals surface area contributed by atoms with Gasteiger partial charge in [0.15, 0.2) is 21.4 Å². The molecule has 0 unspecified atom stereocenters. The van der Waals surface area contributed by atoms with Crippen molar-refractivity contribution in [3.05, 3.63) is 106 Å². The number of hydrogen-bond donors (Lipinski definition) is 0. The summed E-state index contributed by atoms with van der Waals surface area (Å²) < 4.78 is 42.4. The van der Waals surface area contributed by atoms with Gasteiger partial charge in [-0.1, -0.05) is 31.2 Å². The Labute approximate surface area is 236 Å². The second-order valence-corrected chi connectivity index (χ2v) is 12.4. The van der Waals surface area contributed by atoms with Crippen LogP contribution in [0.2, 0.25) is 0 Å². The maximum Gasteiger partial charge on any atom is 0.261 e. The average molecular weight is 575 g/mol. The molecule has 0 saturated heterocycles. The highest BCUT2D eigenvalue weighted by atomic mass is 32.2. The van der Waals surface area contributed by atoms with E-state index in [-0.39, 0.29) is 45.2 Å². The average Bonchev–Trinajstić information content (AvgIpc) is 3.46. The Morgan fingerprint density at radius 3 is 2.10 bits per heavy atom. The molecule has 0 fully saturated rings. The summed E-state index contributed by atoms with van der Waals surface area (Å²) >= 11 is 0. The first-order valence-corrected chi connectivity index (χ1v) is 14.7. The molecule has 0 radical (unpaired) electrons. The number of aryl methyl sites for hydroxylation is 1. The van der Waals surface area contributed by atoms with Crippen LogP contribution in [-0.4, -0.2) is 50.9 Å². The van der Waals surface area contributed by atoms with Gasteiger partial charge in [-0.2, -0.15) is 0 Å². The van der Waals surface area contributed by atoms with Gasteiger partial charge in [0.1, 0.15) is 11.6 Å². The molecule has 3 aromatic carbocycles. The first-order valence-electron chi connectivity index (χ1n) is 13.1. The van der Waals surface area contributed by atoms with Gasteiger partial charge < -0.3 is 0 Å². The summed E-state index contributed by atoms with van der Waals surface area (Å²) in [4.78, 5) is 40.9. The van der Waals surface area contributed by atoms with Gasteiger partial charge >= 0.3 is 0 Å². The fourth-order valence-electron chi connectivity index (χ4n) is 4.78. The zero-order valence-electron chi connectivity index (χ0n) is 22.7. The van der Waals surface area contributed by atoms with Crippen LogP contribution in [0.15, 0.2) is 71.6 Å². The van der Waals surface area contributed by atoms with Crippen molar-refractivity contribution in [3.8, 4) is 5.69 Å². The second kappa shape index (κ2) is 10.8. The minimum Gasteiger partial charge on any atom is -0.288 e. The van der Waals surface area contributed by atoms with Crippen molar-refractivity contribution >= 4 is 27.4 Å². The monoisotopic (exact) mass is 574 g/mol. The molecule has 210 valence electrons. The van der Waals surface area contributed by atoms with Gasteiger partial charge in [0.2, 0.25) is 0 Å². The summed E-state index contributed by atoms with van der Waals surface area (Å²) in [6.07, 6.45) is 1.08. The Kier molecular flexibility index (Phi) is 7.39. The number of nitrogens with zero attached hydrogens (tertiary/aromatic N) is 4. The van der Waals surface area contributed by atoms with E-state index in [9.17, 15) is 27.2 Å². The van der Waals surface area contributed by atoms with Gasteiger partial charge in [-0.15, -0.1) is 10.2 Å². The van der Waals surface area contributed by atoms with Crippen LogP contribution in [0.5, 0.6) is 0 Å². The van der Waals surface area contributed by atoms with Crippen molar-refractivity contribution < 1.29 is 27.2 Å². The SMILES string of the molecule is CCCc1nnc(CN2C(=O)c3ccccc3C2=O)n1-c1ccc(S(=O)(=O)C(C)C)cc1C(=O)c1ccccc1F. The summed E-state index contributed by atoms with van der Waals surface area (Å²) in [5.41, 5.74) is 0.436. The number of rotatable bonds is 9. The van der Waals surface area contributed by atoms with Crippen LogP contribution in [0.1, 0.15) is 75.5 Å². The molecule has 1 aliphatic rings. The van der Waals surface area contributed by atoms with Gasteiger partial charge in [-0.05, 0) is 62.7 Å². The van der Waals surface area contributed by atoms with Gasteiger partial charge in [-0.3, -0.25) is 23.9 Å². The number of halogens is 1. The zero-order valence-corrected chi connectivity index (χ0v) is 23.5. The third-order valence-electron chi connectivity index (χ3n) is 6.97. The summed E-state index contributed by atoms with van der Waals surface area (Å²) in [7, 11) is -3.79. The number of aromatic nitrogens is 3. The molecular formula is C30H27FN4O5S. The summed E-state index contributed by atoms with van der Waals surface area (Å²) in [5, 5.41) is 7.77. The molecule has 4 aromatic rings. The van der Waals surface area contributed by atoms with E-state index in [4.69, 9.17) is 0 Å². The standard InChI is InChI=1S/C30H27FN4O5S/c1-4-9-26-32-33-27(17-34-29(37)20-10-5-6-11-21(20)30(34)38)35(26)25-15-14-19(41(39,40)18(2)3)16-23(25)28(36)22-12-7-8-13-24(22)31/h5-8,10-16,18H,4,9,17H2,1-3H3. The van der Waals surface area contributed by atoms with Crippen LogP contribution >= 0.6 is 0 Å². The van der Waals surface area contributed by atoms with E-state index in [2.05, 4.69) is 10.2 Å². The largest absolute Gasteiger partial charge is 0.288 e. The van der Waals surface area contributed by atoms with E-state index in [1.165, 1.54) is 50.2 Å². The van der Waals surface area contributed by atoms with Crippen molar-refractivity contribution in [1.82, 2.24) is 19.7 Å². The fourth-order valence-corrected chi connectivity index (χ4v) is 5.86. The quantitative estimate of drug-likeness (QED) is 0.212. The van der Waals surface area contributed by atoms with Crippen LogP contribution in [0.4, 0.5) is 4.39 Å². The first kappa shape index (κ1) is 28.0. The third kappa shape index (κ3) is 4.86. The van der Waals surface area contributed by atoms with Gasteiger partial charge in [0.05, 0.1) is 39.1 Å². The molecular weight excluding hydrogens is 547 g/mol. The highest BCUT2D eigenvalue weighted by molar-refractivity contribution is 7.92. The molecule has 1 aliphatic heterocycles. The number of imide groups is 1. The topological polar surface area (TPSA) is 119 Å². The molecule has 11 heteroatoms. The highest BCUT2D eigenvalue weighted by Crippen LogP contribution is 2.29. The molecule has 0 saturated carbocycles. The molecule has 2 heterocycles. The smallest absolute Gasteiger partial charge is 0.261 e. The number of hydrogen-bond acceptors (Lipinski definition) is 7. The molecule has 9 nitrogen and oxygen atoms in total. The molecule has 0 aliphatic carbocycles. The number of fused-ring (bicyclic) bond motifs is 1. The van der Waals surface area contributed by atoms with E-state index in [1.54, 1.807) is 28.8 Å². The molecule has 5 rings (SSSR count). The number of ketones is 1. The van der Waals surface area contributed by atoms with Crippen molar-refractivity contribution in [3.63, 3.8) is 0 Å². The minimum atomic E-state index is -3.79. The molecule has 0 bridgehead atoms. The third-order valence-corrected chi connectivity index (χ3v) is 9.12. The normalized spacial score (nSPS) is 13.2. The number of amides is 2. The van der Waals surface area contributed by atoms with Gasteiger partial charge in [0, 0.05) is 12.0 Å². The highest BCUT2D eigenvalue weighted by Gasteiger charge is 2.37. The van der Waals surface area contributed by atoms with Crippen LogP contribution in [0, 0.1) is 5.82 Å². The predicted octanol–water partition coefficient (Wildman–Crippen LogP) is 4.57. The summed E-state index contributed by atoms with van der Waals surface area (Å²) in [6, 6.07) is 16.0. The second-order valence-electron chi connectivity index (χ2n) is 9.94. The van der Waals surface area contributed by atoms with Crippen LogP contribution in [0.3, 0.4) is 0 Å². The van der Waals surface area contributed by atoms with Crippen molar-refractivity contribution in [2.75, 3.05) is 0 Å². The molecule has 1 aromatic heterocycles. The molecule has 0 N–H and O–H groups in total. The maximum atomic E-state index is 14.8. The first-order chi connectivity index (χ1) is 19.6. The molecule has 0 spiro atoms. The fraction of sp³-hybridized carbons (Fsp3) is 0.233. The number of carbonyl (C=O) groups is 3. The Hall–Kier alpha value is -4.51. The van der Waals surface area contributed by atoms with E-state index in [1.807, 2.05) is 6.92 Å². The Bertz CT molecular complexity index is 1780. The van der Waals surface area contributed by atoms with Crippen LogP contribution in [-0.2, 0) is 22.8 Å². The van der Waals surface area contributed by atoms with E-state index >= 15 is 0 Å². The van der Waals surface area contributed by atoms with Gasteiger partial charge in [0.25, 0.3) is 11.8 Å². The lowest BCUT2D eigenvalue weighted by molar-refractivity contribution is 0.0637. The number of sulfone groups is 1. The lowest BCUT2D eigenvalue weighted by Crippen LogP contribution is -2.30. The Balaban J connectivity index is 1.69. The van der Waals surface area contributed by atoms with E-state index < -0.39 is 38.5 Å². The lowest BCUT2D eigenvalue weighted by Gasteiger charge is -2.19. The van der Waals surface area contributed by atoms with Crippen molar-refractivity contribution in [1.29, 1.82) is 0 Å². The minimum absolute atomic E-state index is 0.0856. The molecule has 2 amide bonds. The predicted molar refractivity (Wildman–Crippen MR) is 148 cm³/mol. The number of benzene rings is 3. The van der Waals surface area contributed by atoms with E-state index in [0.29, 0.717) is 18.7 Å². The van der Waals surface area contributed by atoms with Crippen LogP contribution in [0.25, 0.3) is 5.69 Å². The Morgan fingerprint density at radius 1 is 0.878 bits per heavy atom. The maximum absolute atomic E-state index is 14.8. The van der Waals surface area contributed by atoms with Crippen molar-refractivity contribution in [2.24, 2.45) is 0 Å². The molecule has 41 heavy (non-hydrogen) atoms.